The van der Waals surface area contributed by atoms with Gasteiger partial charge in [0.1, 0.15) is 6.61 Å². The van der Waals surface area contributed by atoms with Gasteiger partial charge in [-0.15, -0.1) is 0 Å². The van der Waals surface area contributed by atoms with Crippen molar-refractivity contribution >= 4 is 10.8 Å². The van der Waals surface area contributed by atoms with Crippen molar-refractivity contribution in [2.24, 2.45) is 0 Å². The summed E-state index contributed by atoms with van der Waals surface area (Å²) in [5, 5.41) is 11.6. The van der Waals surface area contributed by atoms with E-state index in [4.69, 9.17) is 9.47 Å². The number of hydrogen-bond acceptors (Lipinski definition) is 3. The maximum atomic E-state index is 9.18. The summed E-state index contributed by atoms with van der Waals surface area (Å²) >= 11 is 0. The first-order chi connectivity index (χ1) is 10.8. The lowest BCUT2D eigenvalue weighted by Gasteiger charge is -2.13. The quantitative estimate of drug-likeness (QED) is 0.775. The normalized spacial score (nSPS) is 10.6. The predicted octanol–water partition coefficient (Wildman–Crippen LogP) is 3.92. The van der Waals surface area contributed by atoms with Crippen LogP contribution in [-0.2, 0) is 13.2 Å². The van der Waals surface area contributed by atoms with Crippen molar-refractivity contribution in [3.63, 3.8) is 0 Å². The number of aliphatic hydroxyl groups is 1. The van der Waals surface area contributed by atoms with Gasteiger partial charge in [0.2, 0.25) is 0 Å². The highest BCUT2D eigenvalue weighted by Crippen LogP contribution is 2.29. The van der Waals surface area contributed by atoms with Crippen LogP contribution in [0.5, 0.6) is 11.5 Å². The van der Waals surface area contributed by atoms with Crippen LogP contribution in [0.25, 0.3) is 10.8 Å². The molecule has 3 aromatic carbocycles. The van der Waals surface area contributed by atoms with Crippen molar-refractivity contribution in [3.05, 3.63) is 71.8 Å². The van der Waals surface area contributed by atoms with E-state index in [1.165, 1.54) is 10.8 Å². The highest BCUT2D eigenvalue weighted by Gasteiger charge is 2.07. The number of aliphatic hydroxyl groups excluding tert-OH is 1. The summed E-state index contributed by atoms with van der Waals surface area (Å²) in [5.41, 5.74) is 1.93. The second-order valence-electron chi connectivity index (χ2n) is 5.07. The number of ether oxygens (including phenoxy) is 2. The summed E-state index contributed by atoms with van der Waals surface area (Å²) in [6, 6.07) is 19.9. The fourth-order valence-corrected chi connectivity index (χ4v) is 2.50. The van der Waals surface area contributed by atoms with Crippen molar-refractivity contribution in [3.8, 4) is 11.5 Å². The van der Waals surface area contributed by atoms with Gasteiger partial charge in [-0.1, -0.05) is 48.5 Å². The molecule has 22 heavy (non-hydrogen) atoms. The molecule has 0 bridgehead atoms. The highest BCUT2D eigenvalue weighted by molar-refractivity contribution is 5.85. The Hall–Kier alpha value is -2.52. The van der Waals surface area contributed by atoms with Crippen LogP contribution >= 0.6 is 0 Å². The molecule has 3 nitrogen and oxygen atoms in total. The third-order valence-corrected chi connectivity index (χ3v) is 3.67. The van der Waals surface area contributed by atoms with E-state index >= 15 is 0 Å². The fraction of sp³-hybridized carbons (Fsp3) is 0.158. The zero-order chi connectivity index (χ0) is 15.4. The van der Waals surface area contributed by atoms with Crippen LogP contribution in [0.3, 0.4) is 0 Å². The van der Waals surface area contributed by atoms with E-state index in [0.29, 0.717) is 18.1 Å². The summed E-state index contributed by atoms with van der Waals surface area (Å²) in [6.45, 7) is 0.455. The van der Waals surface area contributed by atoms with Gasteiger partial charge in [0, 0.05) is 0 Å². The zero-order valence-electron chi connectivity index (χ0n) is 12.5. The van der Waals surface area contributed by atoms with Crippen LogP contribution < -0.4 is 9.47 Å². The van der Waals surface area contributed by atoms with Gasteiger partial charge >= 0.3 is 0 Å². The SMILES string of the molecule is COc1cc(CO)ccc1OCc1cccc2ccccc12. The van der Waals surface area contributed by atoms with Gasteiger partial charge in [0.25, 0.3) is 0 Å². The summed E-state index contributed by atoms with van der Waals surface area (Å²) in [4.78, 5) is 0. The molecule has 0 aliphatic heterocycles. The van der Waals surface area contributed by atoms with Gasteiger partial charge in [-0.05, 0) is 34.0 Å². The number of rotatable bonds is 5. The van der Waals surface area contributed by atoms with E-state index in [0.717, 1.165) is 11.1 Å². The van der Waals surface area contributed by atoms with Gasteiger partial charge in [-0.2, -0.15) is 0 Å². The first-order valence-corrected chi connectivity index (χ1v) is 7.19. The van der Waals surface area contributed by atoms with Gasteiger partial charge in [0.15, 0.2) is 11.5 Å². The average molecular weight is 294 g/mol. The van der Waals surface area contributed by atoms with E-state index in [9.17, 15) is 5.11 Å². The smallest absolute Gasteiger partial charge is 0.161 e. The largest absolute Gasteiger partial charge is 0.493 e. The summed E-state index contributed by atoms with van der Waals surface area (Å²) in [5.74, 6) is 1.31. The lowest BCUT2D eigenvalue weighted by atomic mass is 10.1. The predicted molar refractivity (Wildman–Crippen MR) is 87.2 cm³/mol. The average Bonchev–Trinajstić information content (AvgIpc) is 2.59. The van der Waals surface area contributed by atoms with Crippen molar-refractivity contribution in [1.82, 2.24) is 0 Å². The first kappa shape index (κ1) is 14.4. The van der Waals surface area contributed by atoms with Crippen molar-refractivity contribution in [1.29, 1.82) is 0 Å². The fourth-order valence-electron chi connectivity index (χ4n) is 2.50. The molecule has 0 fully saturated rings. The Balaban J connectivity index is 1.85. The van der Waals surface area contributed by atoms with Crippen LogP contribution in [0.2, 0.25) is 0 Å². The molecule has 0 unspecified atom stereocenters. The van der Waals surface area contributed by atoms with E-state index in [-0.39, 0.29) is 6.61 Å². The molecule has 0 spiro atoms. The van der Waals surface area contributed by atoms with Crippen LogP contribution in [0.1, 0.15) is 11.1 Å². The molecular weight excluding hydrogens is 276 g/mol. The molecule has 0 aromatic heterocycles. The topological polar surface area (TPSA) is 38.7 Å². The Morgan fingerprint density at radius 2 is 1.73 bits per heavy atom. The molecule has 112 valence electrons. The van der Waals surface area contributed by atoms with Crippen LogP contribution in [-0.4, -0.2) is 12.2 Å². The number of methoxy groups -OCH3 is 1. The number of hydrogen-bond donors (Lipinski definition) is 1. The maximum Gasteiger partial charge on any atom is 0.161 e. The number of fused-ring (bicyclic) bond motifs is 1. The Kier molecular flexibility index (Phi) is 4.26. The van der Waals surface area contributed by atoms with Crippen molar-refractivity contribution in [2.45, 2.75) is 13.2 Å². The third kappa shape index (κ3) is 2.90. The molecule has 0 heterocycles. The van der Waals surface area contributed by atoms with Gasteiger partial charge in [-0.3, -0.25) is 0 Å². The monoisotopic (exact) mass is 294 g/mol. The van der Waals surface area contributed by atoms with E-state index in [1.54, 1.807) is 13.2 Å². The van der Waals surface area contributed by atoms with Gasteiger partial charge in [-0.25, -0.2) is 0 Å². The second-order valence-corrected chi connectivity index (χ2v) is 5.07. The molecule has 0 saturated heterocycles. The van der Waals surface area contributed by atoms with Crippen LogP contribution in [0.15, 0.2) is 60.7 Å². The second kappa shape index (κ2) is 6.50. The Morgan fingerprint density at radius 3 is 2.55 bits per heavy atom. The summed E-state index contributed by atoms with van der Waals surface area (Å²) < 4.78 is 11.2. The van der Waals surface area contributed by atoms with E-state index in [2.05, 4.69) is 24.3 Å². The summed E-state index contributed by atoms with van der Waals surface area (Å²) in [7, 11) is 1.60. The molecule has 0 radical (unpaired) electrons. The molecule has 0 atom stereocenters. The lowest BCUT2D eigenvalue weighted by molar-refractivity contribution is 0.274. The molecule has 0 amide bonds. The minimum atomic E-state index is -0.0139. The molecule has 0 aliphatic rings. The first-order valence-electron chi connectivity index (χ1n) is 7.19. The van der Waals surface area contributed by atoms with Gasteiger partial charge in [0.05, 0.1) is 13.7 Å². The third-order valence-electron chi connectivity index (χ3n) is 3.67. The minimum absolute atomic E-state index is 0.0139. The number of benzene rings is 3. The maximum absolute atomic E-state index is 9.18. The Labute approximate surface area is 129 Å². The molecule has 1 N–H and O–H groups in total. The van der Waals surface area contributed by atoms with E-state index < -0.39 is 0 Å². The molecular formula is C19H18O3. The van der Waals surface area contributed by atoms with E-state index in [1.807, 2.05) is 30.3 Å². The molecule has 3 rings (SSSR count). The van der Waals surface area contributed by atoms with Crippen molar-refractivity contribution < 1.29 is 14.6 Å². The van der Waals surface area contributed by atoms with Crippen molar-refractivity contribution in [2.75, 3.05) is 7.11 Å². The molecule has 3 aromatic rings. The Morgan fingerprint density at radius 1 is 0.909 bits per heavy atom. The van der Waals surface area contributed by atoms with Gasteiger partial charge < -0.3 is 14.6 Å². The molecule has 3 heteroatoms. The summed E-state index contributed by atoms with van der Waals surface area (Å²) in [6.07, 6.45) is 0. The Bertz CT molecular complexity index is 775. The van der Waals surface area contributed by atoms with Crippen LogP contribution in [0.4, 0.5) is 0 Å². The molecule has 0 aliphatic carbocycles. The van der Waals surface area contributed by atoms with Crippen LogP contribution in [0, 0.1) is 0 Å². The molecule has 0 saturated carbocycles. The standard InChI is InChI=1S/C19H18O3/c1-21-19-11-14(12-20)9-10-18(19)22-13-16-7-4-6-15-5-2-3-8-17(15)16/h2-11,20H,12-13H2,1H3. The lowest BCUT2D eigenvalue weighted by Crippen LogP contribution is -1.99. The highest BCUT2D eigenvalue weighted by atomic mass is 16.5. The minimum Gasteiger partial charge on any atom is -0.493 e. The zero-order valence-corrected chi connectivity index (χ0v) is 12.5.